The van der Waals surface area contributed by atoms with Gasteiger partial charge in [0.15, 0.2) is 5.82 Å². The van der Waals surface area contributed by atoms with Crippen molar-refractivity contribution in [2.45, 2.75) is 45.2 Å². The summed E-state index contributed by atoms with van der Waals surface area (Å²) in [6, 6.07) is 14.9. The van der Waals surface area contributed by atoms with Crippen molar-refractivity contribution in [1.82, 2.24) is 40.7 Å². The van der Waals surface area contributed by atoms with Crippen molar-refractivity contribution < 1.29 is 14.7 Å². The number of hydrogen-bond donors (Lipinski definition) is 3. The number of carboxylic acids is 1. The lowest BCUT2D eigenvalue weighted by Gasteiger charge is -2.15. The van der Waals surface area contributed by atoms with Gasteiger partial charge in [0.2, 0.25) is 0 Å². The third-order valence-electron chi connectivity index (χ3n) is 6.38. The highest BCUT2D eigenvalue weighted by Crippen LogP contribution is 2.28. The quantitative estimate of drug-likeness (QED) is 0.209. The van der Waals surface area contributed by atoms with Gasteiger partial charge in [-0.1, -0.05) is 43.7 Å². The molecule has 1 amide bonds. The molecule has 0 aliphatic heterocycles. The summed E-state index contributed by atoms with van der Waals surface area (Å²) >= 11 is 1.54. The van der Waals surface area contributed by atoms with E-state index in [1.807, 2.05) is 57.9 Å². The number of rotatable bonds is 12. The molecule has 5 aromatic rings. The Balaban J connectivity index is 1.33. The van der Waals surface area contributed by atoms with Crippen LogP contribution in [0.15, 0.2) is 65.5 Å². The van der Waals surface area contributed by atoms with Gasteiger partial charge in [-0.2, -0.15) is 16.4 Å². The Morgan fingerprint density at radius 1 is 1.12 bits per heavy atom. The number of carboxylic acid groups (broad SMARTS) is 1. The monoisotopic (exact) mass is 556 g/mol. The van der Waals surface area contributed by atoms with Gasteiger partial charge >= 0.3 is 5.97 Å². The molecule has 5 rings (SSSR count). The van der Waals surface area contributed by atoms with Gasteiger partial charge in [0, 0.05) is 29.1 Å². The van der Waals surface area contributed by atoms with E-state index in [9.17, 15) is 14.7 Å². The second-order valence-electron chi connectivity index (χ2n) is 9.38. The molecule has 4 aromatic heterocycles. The molecule has 40 heavy (non-hydrogen) atoms. The molecule has 3 N–H and O–H groups in total. The predicted octanol–water partition coefficient (Wildman–Crippen LogP) is 4.00. The number of aromatic amines is 1. The first-order chi connectivity index (χ1) is 19.5. The normalized spacial score (nSPS) is 11.8. The second kappa shape index (κ2) is 12.4. The van der Waals surface area contributed by atoms with Crippen LogP contribution in [0.2, 0.25) is 0 Å². The van der Waals surface area contributed by atoms with E-state index in [-0.39, 0.29) is 18.0 Å². The van der Waals surface area contributed by atoms with E-state index in [1.165, 1.54) is 11.3 Å². The van der Waals surface area contributed by atoms with E-state index < -0.39 is 12.0 Å². The van der Waals surface area contributed by atoms with Gasteiger partial charge in [-0.05, 0) is 63.4 Å². The molecule has 0 radical (unpaired) electrons. The van der Waals surface area contributed by atoms with Gasteiger partial charge in [0.1, 0.15) is 5.69 Å². The number of H-pyrrole nitrogens is 1. The number of aryl methyl sites for hydroxylation is 1. The minimum atomic E-state index is -0.964. The Bertz CT molecular complexity index is 1560. The number of amides is 1. The summed E-state index contributed by atoms with van der Waals surface area (Å²) in [7, 11) is 0. The van der Waals surface area contributed by atoms with Crippen LogP contribution in [0.25, 0.3) is 22.6 Å². The molecule has 0 bridgehead atoms. The summed E-state index contributed by atoms with van der Waals surface area (Å²) in [5, 5.41) is 34.9. The summed E-state index contributed by atoms with van der Waals surface area (Å²) in [5.74, 6) is -0.785. The molecule has 11 nitrogen and oxygen atoms in total. The maximum Gasteiger partial charge on any atom is 0.305 e. The lowest BCUT2D eigenvalue weighted by molar-refractivity contribution is -0.137. The molecule has 0 saturated carbocycles. The molecule has 204 valence electrons. The molecule has 0 aliphatic rings. The molecule has 0 saturated heterocycles. The van der Waals surface area contributed by atoms with Crippen molar-refractivity contribution in [2.24, 2.45) is 0 Å². The van der Waals surface area contributed by atoms with Crippen LogP contribution in [0.4, 0.5) is 0 Å². The van der Waals surface area contributed by atoms with Crippen molar-refractivity contribution in [2.75, 3.05) is 0 Å². The second-order valence-corrected chi connectivity index (χ2v) is 10.2. The zero-order valence-electron chi connectivity index (χ0n) is 21.8. The highest BCUT2D eigenvalue weighted by atomic mass is 32.1. The van der Waals surface area contributed by atoms with Crippen LogP contribution in [0.3, 0.4) is 0 Å². The van der Waals surface area contributed by atoms with Crippen molar-refractivity contribution >= 4 is 23.2 Å². The minimum absolute atomic E-state index is 0.168. The number of nitrogens with one attached hydrogen (secondary N) is 2. The Morgan fingerprint density at radius 2 is 1.98 bits per heavy atom. The molecule has 0 unspecified atom stereocenters. The van der Waals surface area contributed by atoms with Crippen LogP contribution in [0.5, 0.6) is 0 Å². The summed E-state index contributed by atoms with van der Waals surface area (Å²) < 4.78 is 1.81. The zero-order valence-corrected chi connectivity index (χ0v) is 22.6. The van der Waals surface area contributed by atoms with E-state index in [0.29, 0.717) is 18.8 Å². The maximum absolute atomic E-state index is 13.1. The lowest BCUT2D eigenvalue weighted by Crippen LogP contribution is -2.38. The minimum Gasteiger partial charge on any atom is -0.481 e. The third kappa shape index (κ3) is 6.46. The van der Waals surface area contributed by atoms with Crippen LogP contribution in [-0.4, -0.2) is 58.4 Å². The van der Waals surface area contributed by atoms with E-state index in [1.54, 1.807) is 12.3 Å². The average molecular weight is 557 g/mol. The molecule has 1 atom stereocenters. The van der Waals surface area contributed by atoms with Crippen LogP contribution >= 0.6 is 11.3 Å². The number of pyridine rings is 1. The number of benzene rings is 1. The summed E-state index contributed by atoms with van der Waals surface area (Å²) in [4.78, 5) is 29.2. The number of aliphatic carboxylic acids is 1. The smallest absolute Gasteiger partial charge is 0.305 e. The third-order valence-corrected chi connectivity index (χ3v) is 7.11. The van der Waals surface area contributed by atoms with Crippen LogP contribution < -0.4 is 5.32 Å². The van der Waals surface area contributed by atoms with Crippen LogP contribution in [-0.2, 0) is 24.2 Å². The van der Waals surface area contributed by atoms with Crippen molar-refractivity contribution in [3.63, 3.8) is 0 Å². The predicted molar refractivity (Wildman–Crippen MR) is 150 cm³/mol. The van der Waals surface area contributed by atoms with E-state index in [0.717, 1.165) is 46.5 Å². The van der Waals surface area contributed by atoms with Gasteiger partial charge in [0.25, 0.3) is 5.91 Å². The zero-order chi connectivity index (χ0) is 27.9. The number of carbonyl (C=O) groups excluding carboxylic acids is 1. The van der Waals surface area contributed by atoms with E-state index in [2.05, 4.69) is 42.9 Å². The maximum atomic E-state index is 13.1. The van der Waals surface area contributed by atoms with Gasteiger partial charge < -0.3 is 10.4 Å². The number of aromatic nitrogens is 7. The fourth-order valence-corrected chi connectivity index (χ4v) is 5.22. The Hall–Kier alpha value is -4.71. The lowest BCUT2D eigenvalue weighted by atomic mass is 10.0. The molecular formula is C28H28N8O3S. The van der Waals surface area contributed by atoms with Crippen LogP contribution in [0.1, 0.15) is 47.1 Å². The molecule has 12 heteroatoms. The molecule has 4 heterocycles. The first-order valence-corrected chi connectivity index (χ1v) is 13.8. The van der Waals surface area contributed by atoms with Gasteiger partial charge in [-0.3, -0.25) is 19.3 Å². The highest BCUT2D eigenvalue weighted by molar-refractivity contribution is 7.07. The Morgan fingerprint density at radius 3 is 2.65 bits per heavy atom. The fraction of sp³-hybridized carbons (Fsp3) is 0.250. The summed E-state index contributed by atoms with van der Waals surface area (Å²) in [6.07, 6.45) is 3.71. The van der Waals surface area contributed by atoms with E-state index in [4.69, 9.17) is 0 Å². The van der Waals surface area contributed by atoms with Crippen molar-refractivity contribution in [3.05, 3.63) is 88.0 Å². The SMILES string of the molecule is CCCc1cc(C(=O)N[C@@H](CC(=O)O)Cc2ccsc2)nn1Cc1ccc(-c2ccccc2-c2nnn[nH]2)nc1. The van der Waals surface area contributed by atoms with E-state index >= 15 is 0 Å². The number of thiophene rings is 1. The first-order valence-electron chi connectivity index (χ1n) is 12.9. The van der Waals surface area contributed by atoms with Crippen LogP contribution in [0, 0.1) is 0 Å². The van der Waals surface area contributed by atoms with Crippen molar-refractivity contribution in [1.29, 1.82) is 0 Å². The Kier molecular flexibility index (Phi) is 8.35. The molecular weight excluding hydrogens is 528 g/mol. The molecule has 0 fully saturated rings. The molecule has 0 aliphatic carbocycles. The standard InChI is InChI=1S/C28H28N8O3S/c1-2-5-21-14-25(28(39)30-20(13-26(37)38)12-18-10-11-40-17-18)33-36(21)16-19-8-9-24(29-15-19)22-6-3-4-7-23(22)27-31-34-35-32-27/h3-4,6-11,14-15,17,20H,2,5,12-13,16H2,1H3,(H,30,39)(H,37,38)(H,31,32,34,35)/t20-/m1/s1. The topological polar surface area (TPSA) is 152 Å². The highest BCUT2D eigenvalue weighted by Gasteiger charge is 2.21. The molecule has 0 spiro atoms. The molecule has 1 aromatic carbocycles. The van der Waals surface area contributed by atoms with Gasteiger partial charge in [0.05, 0.1) is 18.7 Å². The van der Waals surface area contributed by atoms with Gasteiger partial charge in [-0.25, -0.2) is 5.10 Å². The number of tetrazole rings is 1. The number of carbonyl (C=O) groups is 2. The largest absolute Gasteiger partial charge is 0.481 e. The summed E-state index contributed by atoms with van der Waals surface area (Å²) in [5.41, 5.74) is 5.63. The summed E-state index contributed by atoms with van der Waals surface area (Å²) in [6.45, 7) is 2.51. The first kappa shape index (κ1) is 26.9. The number of nitrogens with zero attached hydrogens (tertiary/aromatic N) is 6. The van der Waals surface area contributed by atoms with Gasteiger partial charge in [-0.15, -0.1) is 5.10 Å². The van der Waals surface area contributed by atoms with Crippen molar-refractivity contribution in [3.8, 4) is 22.6 Å². The fourth-order valence-electron chi connectivity index (χ4n) is 4.53. The Labute approximate surface area is 234 Å². The number of hydrogen-bond acceptors (Lipinski definition) is 8. The average Bonchev–Trinajstić information content (AvgIpc) is 3.73.